The summed E-state index contributed by atoms with van der Waals surface area (Å²) in [6.07, 6.45) is 0. The lowest BCUT2D eigenvalue weighted by Gasteiger charge is -2.16. The molecule has 33 heavy (non-hydrogen) atoms. The molecule has 7 nitrogen and oxygen atoms in total. The molecule has 3 aromatic rings. The summed E-state index contributed by atoms with van der Waals surface area (Å²) >= 11 is 0. The molecule has 0 unspecified atom stereocenters. The zero-order chi connectivity index (χ0) is 23.5. The molecule has 0 saturated heterocycles. The minimum absolute atomic E-state index is 0.0571. The minimum Gasteiger partial charge on any atom is -0.497 e. The van der Waals surface area contributed by atoms with Gasteiger partial charge >= 0.3 is 0 Å². The molecule has 1 heterocycles. The zero-order valence-corrected chi connectivity index (χ0v) is 18.2. The maximum absolute atomic E-state index is 13.5. The summed E-state index contributed by atoms with van der Waals surface area (Å²) in [6.45, 7) is 0. The Morgan fingerprint density at radius 2 is 1.52 bits per heavy atom. The van der Waals surface area contributed by atoms with Crippen molar-refractivity contribution in [3.05, 3.63) is 83.8 Å². The Morgan fingerprint density at radius 1 is 0.788 bits per heavy atom. The van der Waals surface area contributed by atoms with E-state index in [2.05, 4.69) is 5.32 Å². The zero-order valence-electron chi connectivity index (χ0n) is 18.2. The summed E-state index contributed by atoms with van der Waals surface area (Å²) in [5.74, 6) is -0.0754. The summed E-state index contributed by atoms with van der Waals surface area (Å²) in [6, 6.07) is 17.1. The van der Waals surface area contributed by atoms with Gasteiger partial charge in [-0.15, -0.1) is 0 Å². The number of nitrogens with zero attached hydrogens (tertiary/aromatic N) is 1. The predicted octanol–water partition coefficient (Wildman–Crippen LogP) is 4.25. The minimum atomic E-state index is -0.553. The second kappa shape index (κ2) is 9.04. The summed E-state index contributed by atoms with van der Waals surface area (Å²) in [5.41, 5.74) is 1.45. The highest BCUT2D eigenvalue weighted by molar-refractivity contribution is 6.46. The monoisotopic (exact) mass is 448 g/mol. The number of amides is 2. The molecule has 0 aromatic heterocycles. The molecule has 168 valence electrons. The smallest absolute Gasteiger partial charge is 0.282 e. The number of methoxy groups -OCH3 is 3. The van der Waals surface area contributed by atoms with Gasteiger partial charge in [-0.05, 0) is 42.0 Å². The third kappa shape index (κ3) is 4.10. The van der Waals surface area contributed by atoms with Crippen LogP contribution in [0.5, 0.6) is 17.2 Å². The SMILES string of the molecule is COc1cccc(N2C(=O)C(Nc3ccc(OC)c(OC)c3)=C(c3ccc(F)cc3)C2=O)c1. The van der Waals surface area contributed by atoms with Gasteiger partial charge in [0.25, 0.3) is 11.8 Å². The molecule has 0 bridgehead atoms. The van der Waals surface area contributed by atoms with Crippen LogP contribution in [0.4, 0.5) is 15.8 Å². The Labute approximate surface area is 190 Å². The van der Waals surface area contributed by atoms with Crippen LogP contribution in [0.1, 0.15) is 5.56 Å². The average Bonchev–Trinajstić information content (AvgIpc) is 3.08. The van der Waals surface area contributed by atoms with E-state index in [0.717, 1.165) is 4.90 Å². The number of anilines is 2. The van der Waals surface area contributed by atoms with E-state index in [-0.39, 0.29) is 11.3 Å². The van der Waals surface area contributed by atoms with E-state index in [9.17, 15) is 14.0 Å². The van der Waals surface area contributed by atoms with Crippen LogP contribution in [0.3, 0.4) is 0 Å². The van der Waals surface area contributed by atoms with Crippen molar-refractivity contribution in [1.29, 1.82) is 0 Å². The number of ether oxygens (including phenoxy) is 3. The molecule has 1 N–H and O–H groups in total. The number of hydrogen-bond donors (Lipinski definition) is 1. The van der Waals surface area contributed by atoms with Crippen molar-refractivity contribution in [3.8, 4) is 17.2 Å². The van der Waals surface area contributed by atoms with Crippen molar-refractivity contribution in [3.63, 3.8) is 0 Å². The molecule has 4 rings (SSSR count). The van der Waals surface area contributed by atoms with Gasteiger partial charge in [-0.25, -0.2) is 9.29 Å². The lowest BCUT2D eigenvalue weighted by atomic mass is 10.0. The standard InChI is InChI=1S/C25H21FN2O5/c1-31-19-6-4-5-18(14-19)28-24(29)22(15-7-9-16(26)10-8-15)23(25(28)30)27-17-11-12-20(32-2)21(13-17)33-3/h4-14,27H,1-3H3. The first-order valence-electron chi connectivity index (χ1n) is 9.99. The van der Waals surface area contributed by atoms with Crippen molar-refractivity contribution in [2.24, 2.45) is 0 Å². The summed E-state index contributed by atoms with van der Waals surface area (Å²) < 4.78 is 29.4. The third-order valence-electron chi connectivity index (χ3n) is 5.18. The van der Waals surface area contributed by atoms with Crippen LogP contribution in [-0.4, -0.2) is 33.1 Å². The van der Waals surface area contributed by atoms with Gasteiger partial charge in [-0.3, -0.25) is 9.59 Å². The normalized spacial score (nSPS) is 13.4. The van der Waals surface area contributed by atoms with Gasteiger partial charge < -0.3 is 19.5 Å². The predicted molar refractivity (Wildman–Crippen MR) is 122 cm³/mol. The maximum atomic E-state index is 13.5. The van der Waals surface area contributed by atoms with E-state index in [1.54, 1.807) is 42.5 Å². The van der Waals surface area contributed by atoms with Gasteiger partial charge in [0.2, 0.25) is 0 Å². The summed E-state index contributed by atoms with van der Waals surface area (Å²) in [7, 11) is 4.52. The highest BCUT2D eigenvalue weighted by Gasteiger charge is 2.40. The Hall–Kier alpha value is -4.33. The lowest BCUT2D eigenvalue weighted by Crippen LogP contribution is -2.32. The van der Waals surface area contributed by atoms with Crippen molar-refractivity contribution in [1.82, 2.24) is 0 Å². The second-order valence-corrected chi connectivity index (χ2v) is 7.10. The van der Waals surface area contributed by atoms with Crippen LogP contribution in [-0.2, 0) is 9.59 Å². The van der Waals surface area contributed by atoms with Gasteiger partial charge in [0.1, 0.15) is 17.3 Å². The van der Waals surface area contributed by atoms with Gasteiger partial charge in [0, 0.05) is 17.8 Å². The molecule has 0 fully saturated rings. The number of halogens is 1. The largest absolute Gasteiger partial charge is 0.497 e. The fraction of sp³-hybridized carbons (Fsp3) is 0.120. The van der Waals surface area contributed by atoms with Gasteiger partial charge in [-0.1, -0.05) is 18.2 Å². The van der Waals surface area contributed by atoms with Gasteiger partial charge in [-0.2, -0.15) is 0 Å². The summed E-state index contributed by atoms with van der Waals surface area (Å²) in [4.78, 5) is 28.0. The van der Waals surface area contributed by atoms with Crippen LogP contribution in [0.25, 0.3) is 5.57 Å². The average molecular weight is 448 g/mol. The molecule has 0 aliphatic carbocycles. The first kappa shape index (κ1) is 21.9. The van der Waals surface area contributed by atoms with Crippen molar-refractivity contribution < 1.29 is 28.2 Å². The Balaban J connectivity index is 1.81. The molecule has 3 aromatic carbocycles. The molecular formula is C25H21FN2O5. The van der Waals surface area contributed by atoms with Crippen LogP contribution < -0.4 is 24.4 Å². The van der Waals surface area contributed by atoms with Crippen LogP contribution in [0, 0.1) is 5.82 Å². The quantitative estimate of drug-likeness (QED) is 0.545. The number of imide groups is 1. The lowest BCUT2D eigenvalue weighted by molar-refractivity contribution is -0.120. The maximum Gasteiger partial charge on any atom is 0.282 e. The Morgan fingerprint density at radius 3 is 2.18 bits per heavy atom. The first-order chi connectivity index (χ1) is 16.0. The van der Waals surface area contributed by atoms with Crippen LogP contribution in [0.15, 0.2) is 72.4 Å². The number of hydrogen-bond acceptors (Lipinski definition) is 6. The number of carbonyl (C=O) groups excluding carboxylic acids is 2. The van der Waals surface area contributed by atoms with E-state index < -0.39 is 17.6 Å². The fourth-order valence-corrected chi connectivity index (χ4v) is 3.57. The topological polar surface area (TPSA) is 77.1 Å². The highest BCUT2D eigenvalue weighted by atomic mass is 19.1. The van der Waals surface area contributed by atoms with E-state index in [0.29, 0.717) is 34.2 Å². The van der Waals surface area contributed by atoms with Gasteiger partial charge in [0.15, 0.2) is 11.5 Å². The van der Waals surface area contributed by atoms with Gasteiger partial charge in [0.05, 0.1) is 32.6 Å². The van der Waals surface area contributed by atoms with E-state index in [1.807, 2.05) is 0 Å². The Kier molecular flexibility index (Phi) is 5.99. The molecule has 8 heteroatoms. The van der Waals surface area contributed by atoms with E-state index in [1.165, 1.54) is 45.6 Å². The number of nitrogens with one attached hydrogen (secondary N) is 1. The third-order valence-corrected chi connectivity index (χ3v) is 5.18. The molecule has 0 atom stereocenters. The Bertz CT molecular complexity index is 1250. The van der Waals surface area contributed by atoms with E-state index in [4.69, 9.17) is 14.2 Å². The molecule has 1 aliphatic heterocycles. The van der Waals surface area contributed by atoms with Crippen LogP contribution in [0.2, 0.25) is 0 Å². The molecule has 0 radical (unpaired) electrons. The molecular weight excluding hydrogens is 427 g/mol. The van der Waals surface area contributed by atoms with Crippen molar-refractivity contribution in [2.75, 3.05) is 31.5 Å². The molecule has 1 aliphatic rings. The van der Waals surface area contributed by atoms with Crippen molar-refractivity contribution in [2.45, 2.75) is 0 Å². The van der Waals surface area contributed by atoms with Crippen LogP contribution >= 0.6 is 0 Å². The number of benzene rings is 3. The molecule has 0 saturated carbocycles. The molecule has 0 spiro atoms. The van der Waals surface area contributed by atoms with Crippen molar-refractivity contribution >= 4 is 28.8 Å². The number of rotatable bonds is 7. The molecule has 2 amide bonds. The number of carbonyl (C=O) groups is 2. The fourth-order valence-electron chi connectivity index (χ4n) is 3.57. The summed E-state index contributed by atoms with van der Waals surface area (Å²) in [5, 5.41) is 3.05. The highest BCUT2D eigenvalue weighted by Crippen LogP contribution is 2.36. The van der Waals surface area contributed by atoms with E-state index >= 15 is 0 Å². The second-order valence-electron chi connectivity index (χ2n) is 7.10. The first-order valence-corrected chi connectivity index (χ1v) is 9.99.